The fourth-order valence-electron chi connectivity index (χ4n) is 4.45. The average Bonchev–Trinajstić information content (AvgIpc) is 3.28. The van der Waals surface area contributed by atoms with Crippen LogP contribution in [0, 0.1) is 0 Å². The van der Waals surface area contributed by atoms with Gasteiger partial charge in [-0.2, -0.15) is 0 Å². The molecule has 0 saturated heterocycles. The molecule has 0 aromatic heterocycles. The maximum atomic E-state index is 2.46. The van der Waals surface area contributed by atoms with Crippen molar-refractivity contribution in [1.29, 1.82) is 0 Å². The summed E-state index contributed by atoms with van der Waals surface area (Å²) in [5.41, 5.74) is 6.03. The third-order valence-corrected chi connectivity index (χ3v) is 10.4. The van der Waals surface area contributed by atoms with Crippen molar-refractivity contribution < 1.29 is 23.2 Å². The van der Waals surface area contributed by atoms with Crippen molar-refractivity contribution in [1.82, 2.24) is 0 Å². The van der Waals surface area contributed by atoms with Gasteiger partial charge in [0.2, 0.25) is 0 Å². The van der Waals surface area contributed by atoms with E-state index in [9.17, 15) is 0 Å². The standard InChI is InChI=1S/C15H19.C10H9.Zr/c1-2-3-4-5-8-13-11-12-14-9-6-7-10-15(13)14;1-8-6-7-9-4-2-3-5-10(8)9;/h4,6-7,9-13H,2-3,5,8H2,1H3;2-8H,1H2;. The van der Waals surface area contributed by atoms with Crippen molar-refractivity contribution in [3.05, 3.63) is 82.9 Å². The fourth-order valence-corrected chi connectivity index (χ4v) is 8.89. The summed E-state index contributed by atoms with van der Waals surface area (Å²) >= 11 is -0.357. The van der Waals surface area contributed by atoms with Crippen molar-refractivity contribution in [3.63, 3.8) is 0 Å². The van der Waals surface area contributed by atoms with E-state index in [4.69, 9.17) is 0 Å². The van der Waals surface area contributed by atoms with Crippen LogP contribution in [0.4, 0.5) is 0 Å². The zero-order chi connectivity index (χ0) is 17.8. The monoisotopic (exact) mass is 418 g/mol. The number of hydrogen-bond donors (Lipinski definition) is 0. The van der Waals surface area contributed by atoms with Crippen LogP contribution in [-0.4, -0.2) is 0 Å². The average molecular weight is 420 g/mol. The molecule has 0 amide bonds. The number of allylic oxidation sites excluding steroid dienone is 2. The van der Waals surface area contributed by atoms with Gasteiger partial charge < -0.3 is 0 Å². The van der Waals surface area contributed by atoms with E-state index in [0.29, 0.717) is 11.8 Å². The van der Waals surface area contributed by atoms with Gasteiger partial charge in [-0.25, -0.2) is 0 Å². The molecule has 3 atom stereocenters. The second-order valence-corrected chi connectivity index (χ2v) is 11.7. The number of hydrogen-bond acceptors (Lipinski definition) is 0. The first-order chi connectivity index (χ1) is 12.8. The van der Waals surface area contributed by atoms with E-state index in [1.54, 1.807) is 11.1 Å². The van der Waals surface area contributed by atoms with E-state index in [0.717, 1.165) is 3.63 Å². The van der Waals surface area contributed by atoms with Crippen LogP contribution < -0.4 is 0 Å². The molecule has 0 N–H and O–H groups in total. The molecule has 0 heterocycles. The van der Waals surface area contributed by atoms with E-state index in [2.05, 4.69) is 79.8 Å². The van der Waals surface area contributed by atoms with E-state index >= 15 is 0 Å². The van der Waals surface area contributed by atoms with Crippen LogP contribution in [0.15, 0.2) is 60.7 Å². The number of benzene rings is 2. The molecule has 0 aliphatic heterocycles. The van der Waals surface area contributed by atoms with Gasteiger partial charge in [-0.05, 0) is 0 Å². The molecular formula is C25H28Zr. The molecule has 132 valence electrons. The number of fused-ring (bicyclic) bond motifs is 2. The summed E-state index contributed by atoms with van der Waals surface area (Å²) in [4.78, 5) is 0. The summed E-state index contributed by atoms with van der Waals surface area (Å²) in [6, 6.07) is 17.9. The van der Waals surface area contributed by atoms with Gasteiger partial charge in [0.1, 0.15) is 0 Å². The van der Waals surface area contributed by atoms with Crippen LogP contribution in [0.2, 0.25) is 7.75 Å². The molecule has 2 aliphatic rings. The third kappa shape index (κ3) is 4.04. The Morgan fingerprint density at radius 1 is 0.808 bits per heavy atom. The molecule has 0 saturated carbocycles. The minimum atomic E-state index is -0.357. The molecule has 0 radical (unpaired) electrons. The van der Waals surface area contributed by atoms with E-state index < -0.39 is 0 Å². The molecule has 0 nitrogen and oxygen atoms in total. The van der Waals surface area contributed by atoms with Gasteiger partial charge >= 0.3 is 171 Å². The van der Waals surface area contributed by atoms with Gasteiger partial charge in [0.25, 0.3) is 0 Å². The van der Waals surface area contributed by atoms with Crippen molar-refractivity contribution in [2.45, 2.75) is 52.2 Å². The van der Waals surface area contributed by atoms with Gasteiger partial charge in [-0.3, -0.25) is 0 Å². The summed E-state index contributed by atoms with van der Waals surface area (Å²) in [6.45, 7) is 2.36. The molecule has 2 aromatic carbocycles. The Morgan fingerprint density at radius 3 is 2.12 bits per heavy atom. The van der Waals surface area contributed by atoms with Crippen molar-refractivity contribution in [3.8, 4) is 0 Å². The van der Waals surface area contributed by atoms with Gasteiger partial charge in [0, 0.05) is 0 Å². The molecule has 3 unspecified atom stereocenters. The van der Waals surface area contributed by atoms with Gasteiger partial charge in [0.05, 0.1) is 0 Å². The topological polar surface area (TPSA) is 0 Å². The second kappa shape index (κ2) is 8.66. The molecular weight excluding hydrogens is 391 g/mol. The molecule has 2 aliphatic carbocycles. The molecule has 0 spiro atoms. The van der Waals surface area contributed by atoms with Crippen LogP contribution >= 0.6 is 0 Å². The van der Waals surface area contributed by atoms with Crippen molar-refractivity contribution in [2.24, 2.45) is 0 Å². The molecule has 26 heavy (non-hydrogen) atoms. The Bertz CT molecular complexity index is 736. The third-order valence-electron chi connectivity index (χ3n) is 5.90. The predicted molar refractivity (Wildman–Crippen MR) is 109 cm³/mol. The van der Waals surface area contributed by atoms with Crippen molar-refractivity contribution in [2.75, 3.05) is 0 Å². The quantitative estimate of drug-likeness (QED) is 0.416. The minimum absolute atomic E-state index is 0.357. The fraction of sp³-hybridized carbons (Fsp3) is 0.360. The first-order valence-electron chi connectivity index (χ1n) is 10.1. The molecule has 0 bridgehead atoms. The summed E-state index contributed by atoms with van der Waals surface area (Å²) in [7, 11) is 0. The second-order valence-electron chi connectivity index (χ2n) is 7.66. The molecule has 4 rings (SSSR count). The predicted octanol–water partition coefficient (Wildman–Crippen LogP) is 7.48. The Kier molecular flexibility index (Phi) is 6.06. The number of rotatable bonds is 8. The molecule has 1 heteroatoms. The van der Waals surface area contributed by atoms with Gasteiger partial charge in [-0.15, -0.1) is 0 Å². The summed E-state index contributed by atoms with van der Waals surface area (Å²) in [5.74, 6) is 1.38. The Hall–Kier alpha value is -1.20. The van der Waals surface area contributed by atoms with E-state index in [1.807, 2.05) is 0 Å². The van der Waals surface area contributed by atoms with Crippen molar-refractivity contribution >= 4 is 12.2 Å². The summed E-state index contributed by atoms with van der Waals surface area (Å²) in [6.07, 6.45) is 15.1. The van der Waals surface area contributed by atoms with Crippen LogP contribution in [0.1, 0.15) is 66.7 Å². The van der Waals surface area contributed by atoms with Gasteiger partial charge in [-0.1, -0.05) is 0 Å². The van der Waals surface area contributed by atoms with Gasteiger partial charge in [0.15, 0.2) is 0 Å². The van der Waals surface area contributed by atoms with E-state index in [-0.39, 0.29) is 23.2 Å². The first-order valence-corrected chi connectivity index (χ1v) is 13.3. The summed E-state index contributed by atoms with van der Waals surface area (Å²) in [5, 5.41) is 0. The van der Waals surface area contributed by atoms with E-state index in [1.165, 1.54) is 40.9 Å². The van der Waals surface area contributed by atoms with Crippen LogP contribution in [0.5, 0.6) is 0 Å². The van der Waals surface area contributed by atoms with Crippen LogP contribution in [0.3, 0.4) is 0 Å². The Balaban J connectivity index is 1.33. The zero-order valence-corrected chi connectivity index (χ0v) is 18.2. The van der Waals surface area contributed by atoms with Crippen LogP contribution in [0.25, 0.3) is 12.2 Å². The van der Waals surface area contributed by atoms with Crippen LogP contribution in [-0.2, 0) is 23.2 Å². The molecule has 2 aromatic rings. The first kappa shape index (κ1) is 18.2. The zero-order valence-electron chi connectivity index (χ0n) is 15.7. The Morgan fingerprint density at radius 2 is 1.42 bits per heavy atom. The summed E-state index contributed by atoms with van der Waals surface area (Å²) < 4.78 is 2.50. The molecule has 0 fully saturated rings. The normalized spacial score (nSPS) is 20.8. The SMILES string of the molecule is CCC[CH](CCC1C=Cc2ccccc21)[Zr][CH2]C1C=Cc2ccccc21. The maximum absolute atomic E-state index is 2.46. The Labute approximate surface area is 170 Å².